The first-order valence-corrected chi connectivity index (χ1v) is 22.0. The maximum absolute atomic E-state index is 2.64. The van der Waals surface area contributed by atoms with Crippen molar-refractivity contribution in [2.75, 3.05) is 0 Å². The van der Waals surface area contributed by atoms with E-state index in [1.807, 2.05) is 0 Å². The van der Waals surface area contributed by atoms with Gasteiger partial charge in [-0.25, -0.2) is 0 Å². The van der Waals surface area contributed by atoms with Crippen LogP contribution in [0.4, 0.5) is 0 Å². The van der Waals surface area contributed by atoms with Gasteiger partial charge < -0.3 is 4.57 Å². The summed E-state index contributed by atoms with van der Waals surface area (Å²) in [5.74, 6) is 0.855. The van der Waals surface area contributed by atoms with Crippen LogP contribution in [-0.4, -0.2) is 4.57 Å². The second-order valence-corrected chi connectivity index (χ2v) is 18.1. The highest BCUT2D eigenvalue weighted by molar-refractivity contribution is 6.11. The van der Waals surface area contributed by atoms with Gasteiger partial charge >= 0.3 is 0 Å². The van der Waals surface area contributed by atoms with Crippen molar-refractivity contribution in [2.24, 2.45) is 5.92 Å². The van der Waals surface area contributed by atoms with Crippen LogP contribution < -0.4 is 0 Å². The van der Waals surface area contributed by atoms with E-state index in [9.17, 15) is 0 Å². The number of rotatable bonds is 6. The van der Waals surface area contributed by atoms with E-state index >= 15 is 0 Å². The Balaban J connectivity index is 0.920. The lowest BCUT2D eigenvalue weighted by Crippen LogP contribution is -2.15. The molecule has 7 aromatic rings. The molecule has 0 radical (unpaired) electrons. The summed E-state index contributed by atoms with van der Waals surface area (Å²) in [5.41, 5.74) is 22.7. The van der Waals surface area contributed by atoms with E-state index in [2.05, 4.69) is 182 Å². The van der Waals surface area contributed by atoms with Crippen LogP contribution in [0.25, 0.3) is 61.3 Å². The Morgan fingerprint density at radius 1 is 0.678 bits per heavy atom. The number of benzene rings is 6. The molecule has 2 atom stereocenters. The van der Waals surface area contributed by atoms with Crippen LogP contribution in [0.15, 0.2) is 169 Å². The van der Waals surface area contributed by atoms with Gasteiger partial charge in [0.25, 0.3) is 0 Å². The third kappa shape index (κ3) is 5.37. The molecular formula is C58H49N. The second-order valence-electron chi connectivity index (χ2n) is 18.1. The Kier molecular flexibility index (Phi) is 7.93. The van der Waals surface area contributed by atoms with Crippen LogP contribution in [0.5, 0.6) is 0 Å². The normalized spacial score (nSPS) is 19.5. The zero-order valence-electron chi connectivity index (χ0n) is 34.1. The van der Waals surface area contributed by atoms with E-state index in [1.54, 1.807) is 11.1 Å². The van der Waals surface area contributed by atoms with Gasteiger partial charge in [0.05, 0.1) is 11.2 Å². The molecule has 0 saturated heterocycles. The van der Waals surface area contributed by atoms with Crippen molar-refractivity contribution in [1.82, 2.24) is 4.57 Å². The fourth-order valence-corrected chi connectivity index (χ4v) is 11.6. The number of hydrogen-bond acceptors (Lipinski definition) is 0. The molecule has 12 rings (SSSR count). The van der Waals surface area contributed by atoms with E-state index in [1.165, 1.54) is 94.3 Å². The molecule has 2 unspecified atom stereocenters. The maximum Gasteiger partial charge on any atom is 0.0616 e. The van der Waals surface area contributed by atoms with E-state index < -0.39 is 0 Å². The minimum atomic E-state index is -0.103. The van der Waals surface area contributed by atoms with Crippen LogP contribution in [-0.2, 0) is 18.3 Å². The Morgan fingerprint density at radius 3 is 2.46 bits per heavy atom. The molecule has 1 heteroatoms. The molecule has 5 aliphatic carbocycles. The zero-order chi connectivity index (χ0) is 39.2. The largest absolute Gasteiger partial charge is 0.312 e. The summed E-state index contributed by atoms with van der Waals surface area (Å²) in [5, 5.41) is 3.98. The van der Waals surface area contributed by atoms with Crippen molar-refractivity contribution in [3.63, 3.8) is 0 Å². The van der Waals surface area contributed by atoms with Crippen molar-refractivity contribution in [3.05, 3.63) is 208 Å². The predicted molar refractivity (Wildman–Crippen MR) is 249 cm³/mol. The monoisotopic (exact) mass is 759 g/mol. The molecule has 6 aromatic carbocycles. The van der Waals surface area contributed by atoms with Crippen LogP contribution in [0.2, 0.25) is 0 Å². The summed E-state index contributed by atoms with van der Waals surface area (Å²) in [6.45, 7) is 4.89. The molecule has 0 fully saturated rings. The lowest BCUT2D eigenvalue weighted by molar-refractivity contribution is 0.656. The molecule has 5 aliphatic rings. The van der Waals surface area contributed by atoms with Gasteiger partial charge in [-0.1, -0.05) is 166 Å². The Hall–Kier alpha value is -6.18. The average molecular weight is 760 g/mol. The number of hydrogen-bond donors (Lipinski definition) is 0. The van der Waals surface area contributed by atoms with E-state index in [0.717, 1.165) is 44.9 Å². The Labute approximate surface area is 348 Å². The van der Waals surface area contributed by atoms with Crippen LogP contribution in [0.1, 0.15) is 90.9 Å². The molecule has 0 aliphatic heterocycles. The van der Waals surface area contributed by atoms with Crippen LogP contribution in [0, 0.1) is 5.92 Å². The van der Waals surface area contributed by atoms with Gasteiger partial charge in [0.15, 0.2) is 0 Å². The van der Waals surface area contributed by atoms with Crippen molar-refractivity contribution in [1.29, 1.82) is 0 Å². The van der Waals surface area contributed by atoms with Crippen molar-refractivity contribution < 1.29 is 0 Å². The highest BCUT2D eigenvalue weighted by Gasteiger charge is 2.39. The minimum absolute atomic E-state index is 0.103. The first-order chi connectivity index (χ1) is 29.0. The molecule has 1 aromatic heterocycles. The summed E-state index contributed by atoms with van der Waals surface area (Å²) in [7, 11) is 0. The summed E-state index contributed by atoms with van der Waals surface area (Å²) in [6, 6.07) is 46.4. The highest BCUT2D eigenvalue weighted by atomic mass is 15.0. The molecule has 1 heterocycles. The van der Waals surface area contributed by atoms with Gasteiger partial charge in [0.2, 0.25) is 0 Å². The van der Waals surface area contributed by atoms with Crippen molar-refractivity contribution in [3.8, 4) is 27.9 Å². The van der Waals surface area contributed by atoms with Crippen molar-refractivity contribution >= 4 is 33.3 Å². The van der Waals surface area contributed by atoms with Crippen molar-refractivity contribution in [2.45, 2.75) is 70.1 Å². The number of fused-ring (bicyclic) bond motifs is 10. The smallest absolute Gasteiger partial charge is 0.0616 e. The molecular weight excluding hydrogens is 711 g/mol. The fraction of sp³-hybridized carbons (Fsp3) is 0.207. The van der Waals surface area contributed by atoms with Crippen LogP contribution >= 0.6 is 0 Å². The van der Waals surface area contributed by atoms with Gasteiger partial charge in [0.1, 0.15) is 0 Å². The topological polar surface area (TPSA) is 4.93 Å². The lowest BCUT2D eigenvalue weighted by atomic mass is 9.80. The molecule has 0 saturated carbocycles. The standard InChI is InChI=1S/C58H49N/c1-58(2)52-21-13-23-55(59-54-22-12-11-20-47(54)48-33-26-40-18-9-10-19-43(40)57(48)59)56(52)49-30-25-37(34-53(49)58)24-29-44-45-31-27-41(38-14-5-3-6-15-38)35-50(45)51-36-42(28-32-46(44)51)39-16-7-4-8-17-39/h3,5-7,9-11,13-21,23,25-28,30-35,42,44H,4,8,12,22,24,29,36H2,1-2H3. The highest BCUT2D eigenvalue weighted by Crippen LogP contribution is 2.54. The van der Waals surface area contributed by atoms with Gasteiger partial charge in [-0.3, -0.25) is 0 Å². The second kappa shape index (κ2) is 13.4. The molecule has 286 valence electrons. The molecule has 0 bridgehead atoms. The molecule has 0 amide bonds. The Morgan fingerprint density at radius 2 is 1.56 bits per heavy atom. The first kappa shape index (κ1) is 34.8. The van der Waals surface area contributed by atoms with Gasteiger partial charge in [-0.2, -0.15) is 0 Å². The molecule has 0 spiro atoms. The number of allylic oxidation sites excluding steroid dienone is 9. The average Bonchev–Trinajstić information content (AvgIpc) is 3.88. The predicted octanol–water partition coefficient (Wildman–Crippen LogP) is 15.1. The number of nitrogens with zero attached hydrogens (tertiary/aromatic N) is 1. The summed E-state index contributed by atoms with van der Waals surface area (Å²) >= 11 is 0. The SMILES string of the molecule is CC1(C)c2cc(CCC3C4=C(CC(C5=CCCC=C5)C=C4)c4cc(-c5ccccc5)ccc43)ccc2-c2c(-n3c4c(c5ccc6ccccc6c53)C=CCC4)cccc21. The van der Waals surface area contributed by atoms with E-state index in [-0.39, 0.29) is 5.41 Å². The maximum atomic E-state index is 2.64. The lowest BCUT2D eigenvalue weighted by Gasteiger charge is -2.24. The van der Waals surface area contributed by atoms with E-state index in [0.29, 0.717) is 11.8 Å². The van der Waals surface area contributed by atoms with E-state index in [4.69, 9.17) is 0 Å². The number of aromatic nitrogens is 1. The van der Waals surface area contributed by atoms with Gasteiger partial charge in [-0.15, -0.1) is 0 Å². The summed E-state index contributed by atoms with van der Waals surface area (Å²) in [6.07, 6.45) is 24.6. The summed E-state index contributed by atoms with van der Waals surface area (Å²) in [4.78, 5) is 0. The molecule has 1 nitrogen and oxygen atoms in total. The quantitative estimate of drug-likeness (QED) is 0.159. The fourth-order valence-electron chi connectivity index (χ4n) is 11.6. The zero-order valence-corrected chi connectivity index (χ0v) is 34.1. The van der Waals surface area contributed by atoms with Gasteiger partial charge in [0, 0.05) is 44.8 Å². The first-order valence-electron chi connectivity index (χ1n) is 22.0. The summed E-state index contributed by atoms with van der Waals surface area (Å²) < 4.78 is 2.64. The third-order valence-electron chi connectivity index (χ3n) is 14.5. The third-order valence-corrected chi connectivity index (χ3v) is 14.5. The van der Waals surface area contributed by atoms with Crippen LogP contribution in [0.3, 0.4) is 0 Å². The molecule has 0 N–H and O–H groups in total. The minimum Gasteiger partial charge on any atom is -0.312 e. The molecule has 59 heavy (non-hydrogen) atoms. The Bertz CT molecular complexity index is 3040. The number of aryl methyl sites for hydroxylation is 1. The van der Waals surface area contributed by atoms with Gasteiger partial charge in [-0.05, 0) is 124 Å².